The number of carbonyl (C=O) groups excluding carboxylic acids is 5. The fourth-order valence-corrected chi connectivity index (χ4v) is 5.31. The third-order valence-electron chi connectivity index (χ3n) is 7.16. The minimum absolute atomic E-state index is 0.119. The molecule has 0 amide bonds. The molecule has 2 aliphatic carbocycles. The van der Waals surface area contributed by atoms with Crippen molar-refractivity contribution in [3.05, 3.63) is 36.0 Å². The van der Waals surface area contributed by atoms with Crippen molar-refractivity contribution >= 4 is 29.8 Å². The highest BCUT2D eigenvalue weighted by molar-refractivity contribution is 5.91. The second kappa shape index (κ2) is 9.91. The summed E-state index contributed by atoms with van der Waals surface area (Å²) in [5, 5.41) is 0. The fraction of sp³-hybridized carbons (Fsp3) is 0.577. The van der Waals surface area contributed by atoms with Gasteiger partial charge in [0.05, 0.1) is 5.92 Å². The zero-order chi connectivity index (χ0) is 27.1. The zero-order valence-electron chi connectivity index (χ0n) is 21.3. The standard InChI is InChI=1S/C26H32O10/c1-11-9-20(34-25(31)26(8,36-17(7)29)14(4)32-15(5)27)22-13(3)24(30)35-23(22)21-12(2)19(10-18(11)21)33-16(6)28/h9,14,18-23H,2-3,10H2,1,4-8H3. The average Bonchev–Trinajstić information content (AvgIpc) is 3.18. The van der Waals surface area contributed by atoms with E-state index in [0.29, 0.717) is 12.0 Å². The lowest BCUT2D eigenvalue weighted by molar-refractivity contribution is -0.200. The molecule has 1 heterocycles. The van der Waals surface area contributed by atoms with Gasteiger partial charge in [-0.3, -0.25) is 14.4 Å². The summed E-state index contributed by atoms with van der Waals surface area (Å²) in [7, 11) is 0. The molecule has 10 heteroatoms. The molecule has 36 heavy (non-hydrogen) atoms. The molecule has 0 aromatic carbocycles. The SMILES string of the molecule is C=C1C(=O)OC2C1C(OC(=O)C(C)(OC(C)=O)C(C)OC(C)=O)C=C(C)C1CC(OC(C)=O)C(=C)C12. The summed E-state index contributed by atoms with van der Waals surface area (Å²) >= 11 is 0. The highest BCUT2D eigenvalue weighted by Crippen LogP contribution is 2.52. The number of esters is 5. The van der Waals surface area contributed by atoms with Gasteiger partial charge in [-0.1, -0.05) is 18.7 Å². The van der Waals surface area contributed by atoms with Crippen molar-refractivity contribution in [1.82, 2.24) is 0 Å². The third-order valence-corrected chi connectivity index (χ3v) is 7.16. The van der Waals surface area contributed by atoms with E-state index in [0.717, 1.165) is 19.4 Å². The topological polar surface area (TPSA) is 132 Å². The maximum Gasteiger partial charge on any atom is 0.354 e. The summed E-state index contributed by atoms with van der Waals surface area (Å²) in [6.45, 7) is 16.2. The summed E-state index contributed by atoms with van der Waals surface area (Å²) in [5.74, 6) is -4.81. The molecule has 1 saturated carbocycles. The van der Waals surface area contributed by atoms with Crippen LogP contribution in [0.25, 0.3) is 0 Å². The average molecular weight is 505 g/mol. The molecule has 8 atom stereocenters. The van der Waals surface area contributed by atoms with E-state index in [1.807, 2.05) is 6.92 Å². The Morgan fingerprint density at radius 3 is 2.25 bits per heavy atom. The maximum absolute atomic E-state index is 13.4. The van der Waals surface area contributed by atoms with E-state index < -0.39 is 65.8 Å². The molecule has 10 nitrogen and oxygen atoms in total. The lowest BCUT2D eigenvalue weighted by Gasteiger charge is -2.34. The second-order valence-electron chi connectivity index (χ2n) is 9.69. The molecule has 0 N–H and O–H groups in total. The monoisotopic (exact) mass is 504 g/mol. The van der Waals surface area contributed by atoms with E-state index in [-0.39, 0.29) is 17.4 Å². The van der Waals surface area contributed by atoms with Crippen LogP contribution in [0.4, 0.5) is 0 Å². The van der Waals surface area contributed by atoms with Crippen LogP contribution >= 0.6 is 0 Å². The van der Waals surface area contributed by atoms with Gasteiger partial charge in [-0.05, 0) is 44.8 Å². The Hall–Kier alpha value is -3.43. The largest absolute Gasteiger partial charge is 0.458 e. The molecular weight excluding hydrogens is 472 g/mol. The van der Waals surface area contributed by atoms with Crippen molar-refractivity contribution in [3.63, 3.8) is 0 Å². The van der Waals surface area contributed by atoms with Crippen LogP contribution in [0.1, 0.15) is 48.0 Å². The van der Waals surface area contributed by atoms with Gasteiger partial charge in [0.25, 0.3) is 0 Å². The molecular formula is C26H32O10. The number of hydrogen-bond donors (Lipinski definition) is 0. The summed E-state index contributed by atoms with van der Waals surface area (Å²) in [6.07, 6.45) is -1.31. The van der Waals surface area contributed by atoms with Crippen molar-refractivity contribution in [2.45, 2.75) is 78.0 Å². The number of hydrogen-bond acceptors (Lipinski definition) is 10. The quantitative estimate of drug-likeness (QED) is 0.230. The molecule has 0 bridgehead atoms. The van der Waals surface area contributed by atoms with E-state index >= 15 is 0 Å². The van der Waals surface area contributed by atoms with Crippen LogP contribution in [0.5, 0.6) is 0 Å². The molecule has 2 fully saturated rings. The minimum Gasteiger partial charge on any atom is -0.458 e. The number of carbonyl (C=O) groups is 5. The number of allylic oxidation sites excluding steroid dienone is 1. The molecule has 1 aliphatic heterocycles. The Balaban J connectivity index is 1.98. The zero-order valence-corrected chi connectivity index (χ0v) is 21.3. The predicted molar refractivity (Wildman–Crippen MR) is 124 cm³/mol. The van der Waals surface area contributed by atoms with Crippen molar-refractivity contribution in [2.24, 2.45) is 17.8 Å². The lowest BCUT2D eigenvalue weighted by Crippen LogP contribution is -2.53. The van der Waals surface area contributed by atoms with Crippen LogP contribution in [-0.2, 0) is 47.7 Å². The molecule has 0 radical (unpaired) electrons. The number of fused-ring (bicyclic) bond motifs is 3. The Morgan fingerprint density at radius 2 is 1.69 bits per heavy atom. The first-order chi connectivity index (χ1) is 16.7. The normalized spacial score (nSPS) is 31.5. The van der Waals surface area contributed by atoms with E-state index in [9.17, 15) is 24.0 Å². The van der Waals surface area contributed by atoms with E-state index in [2.05, 4.69) is 13.2 Å². The van der Waals surface area contributed by atoms with Gasteiger partial charge in [-0.2, -0.15) is 0 Å². The fourth-order valence-electron chi connectivity index (χ4n) is 5.31. The number of rotatable bonds is 6. The van der Waals surface area contributed by atoms with Crippen LogP contribution in [-0.4, -0.2) is 59.9 Å². The summed E-state index contributed by atoms with van der Waals surface area (Å²) in [6, 6.07) is 0. The first kappa shape index (κ1) is 27.2. The first-order valence-corrected chi connectivity index (χ1v) is 11.7. The van der Waals surface area contributed by atoms with Gasteiger partial charge in [0.15, 0.2) is 0 Å². The Bertz CT molecular complexity index is 1050. The van der Waals surface area contributed by atoms with Gasteiger partial charge in [0.1, 0.15) is 24.4 Å². The van der Waals surface area contributed by atoms with Crippen molar-refractivity contribution < 1.29 is 47.7 Å². The number of ether oxygens (including phenoxy) is 5. The van der Waals surface area contributed by atoms with Crippen LogP contribution in [0.3, 0.4) is 0 Å². The van der Waals surface area contributed by atoms with E-state index in [1.165, 1.54) is 20.8 Å². The Labute approximate surface area is 209 Å². The second-order valence-corrected chi connectivity index (χ2v) is 9.69. The van der Waals surface area contributed by atoms with Gasteiger partial charge in [-0.25, -0.2) is 9.59 Å². The summed E-state index contributed by atoms with van der Waals surface area (Å²) in [5.41, 5.74) is -0.394. The highest BCUT2D eigenvalue weighted by Gasteiger charge is 2.57. The van der Waals surface area contributed by atoms with Crippen LogP contribution in [0.15, 0.2) is 36.0 Å². The predicted octanol–water partition coefficient (Wildman–Crippen LogP) is 2.35. The molecule has 0 aromatic heterocycles. The Kier molecular flexibility index (Phi) is 7.48. The molecule has 8 unspecified atom stereocenters. The molecule has 3 rings (SSSR count). The van der Waals surface area contributed by atoms with Gasteiger partial charge >= 0.3 is 29.8 Å². The first-order valence-electron chi connectivity index (χ1n) is 11.7. The van der Waals surface area contributed by atoms with Crippen LogP contribution in [0.2, 0.25) is 0 Å². The molecule has 196 valence electrons. The molecule has 0 aromatic rings. The molecule has 0 spiro atoms. The molecule has 1 saturated heterocycles. The van der Waals surface area contributed by atoms with Crippen molar-refractivity contribution in [1.29, 1.82) is 0 Å². The summed E-state index contributed by atoms with van der Waals surface area (Å²) < 4.78 is 27.4. The van der Waals surface area contributed by atoms with Crippen molar-refractivity contribution in [3.8, 4) is 0 Å². The van der Waals surface area contributed by atoms with Crippen molar-refractivity contribution in [2.75, 3.05) is 0 Å². The van der Waals surface area contributed by atoms with Crippen LogP contribution < -0.4 is 0 Å². The van der Waals surface area contributed by atoms with Crippen LogP contribution in [0, 0.1) is 17.8 Å². The lowest BCUT2D eigenvalue weighted by atomic mass is 9.80. The van der Waals surface area contributed by atoms with Gasteiger partial charge in [0, 0.05) is 32.3 Å². The van der Waals surface area contributed by atoms with Gasteiger partial charge in [-0.15, -0.1) is 0 Å². The Morgan fingerprint density at radius 1 is 1.06 bits per heavy atom. The third kappa shape index (κ3) is 4.94. The maximum atomic E-state index is 13.4. The van der Waals surface area contributed by atoms with E-state index in [1.54, 1.807) is 6.08 Å². The van der Waals surface area contributed by atoms with E-state index in [4.69, 9.17) is 23.7 Å². The van der Waals surface area contributed by atoms with Gasteiger partial charge < -0.3 is 23.7 Å². The van der Waals surface area contributed by atoms with Gasteiger partial charge in [0.2, 0.25) is 5.60 Å². The smallest absolute Gasteiger partial charge is 0.354 e. The highest BCUT2D eigenvalue weighted by atomic mass is 16.6. The summed E-state index contributed by atoms with van der Waals surface area (Å²) in [4.78, 5) is 60.9. The molecule has 3 aliphatic rings. The minimum atomic E-state index is -1.95.